The Kier molecular flexibility index (Phi) is 6.33. The zero-order valence-corrected chi connectivity index (χ0v) is 13.6. The molecule has 0 saturated carbocycles. The predicted molar refractivity (Wildman–Crippen MR) is 91.2 cm³/mol. The smallest absolute Gasteiger partial charge is 0.273 e. The molecule has 0 heterocycles. The van der Waals surface area contributed by atoms with Crippen molar-refractivity contribution in [2.24, 2.45) is 5.10 Å². The highest BCUT2D eigenvalue weighted by Gasteiger charge is 2.19. The number of amides is 1. The number of hydrazone groups is 1. The maximum atomic E-state index is 12.2. The van der Waals surface area contributed by atoms with Crippen LogP contribution in [0.4, 0.5) is 0 Å². The molecule has 2 aromatic rings. The number of phenols is 1. The number of aromatic hydroxyl groups is 1. The third-order valence-electron chi connectivity index (χ3n) is 3.25. The van der Waals surface area contributed by atoms with Gasteiger partial charge in [-0.2, -0.15) is 5.10 Å². The molecule has 6 nitrogen and oxygen atoms in total. The van der Waals surface area contributed by atoms with Crippen molar-refractivity contribution >= 4 is 12.1 Å². The van der Waals surface area contributed by atoms with E-state index in [9.17, 15) is 9.90 Å². The van der Waals surface area contributed by atoms with Crippen LogP contribution in [0.15, 0.2) is 53.6 Å². The van der Waals surface area contributed by atoms with Crippen LogP contribution in [0, 0.1) is 0 Å². The lowest BCUT2D eigenvalue weighted by molar-refractivity contribution is -0.131. The van der Waals surface area contributed by atoms with Gasteiger partial charge in [0.1, 0.15) is 0 Å². The average molecular weight is 328 g/mol. The molecular formula is C18H20N2O4. The Morgan fingerprint density at radius 1 is 1.29 bits per heavy atom. The number of nitrogens with one attached hydrogen (secondary N) is 1. The van der Waals surface area contributed by atoms with Crippen LogP contribution in [0.5, 0.6) is 11.5 Å². The molecule has 0 radical (unpaired) electrons. The van der Waals surface area contributed by atoms with E-state index < -0.39 is 6.10 Å². The van der Waals surface area contributed by atoms with Gasteiger partial charge in [-0.3, -0.25) is 4.79 Å². The van der Waals surface area contributed by atoms with Crippen molar-refractivity contribution < 1.29 is 19.4 Å². The number of hydrogen-bond donors (Lipinski definition) is 2. The van der Waals surface area contributed by atoms with E-state index in [0.29, 0.717) is 17.9 Å². The molecule has 0 spiro atoms. The highest BCUT2D eigenvalue weighted by atomic mass is 16.5. The van der Waals surface area contributed by atoms with Crippen molar-refractivity contribution in [1.29, 1.82) is 0 Å². The molecule has 6 heteroatoms. The summed E-state index contributed by atoms with van der Waals surface area (Å²) in [4.78, 5) is 12.2. The molecule has 24 heavy (non-hydrogen) atoms. The van der Waals surface area contributed by atoms with Gasteiger partial charge in [-0.25, -0.2) is 5.43 Å². The second-order valence-corrected chi connectivity index (χ2v) is 4.92. The van der Waals surface area contributed by atoms with Crippen molar-refractivity contribution in [3.63, 3.8) is 0 Å². The molecule has 0 bridgehead atoms. The Bertz CT molecular complexity index is 701. The Morgan fingerprint density at radius 3 is 2.71 bits per heavy atom. The molecule has 0 saturated heterocycles. The molecule has 0 aromatic heterocycles. The Balaban J connectivity index is 2.02. The number of nitrogens with zero attached hydrogens (tertiary/aromatic N) is 1. The minimum absolute atomic E-state index is 0.0570. The first-order valence-corrected chi connectivity index (χ1v) is 7.52. The van der Waals surface area contributed by atoms with Crippen LogP contribution in [0.1, 0.15) is 24.2 Å². The minimum atomic E-state index is -0.734. The standard InChI is InChI=1S/C18H20N2O4/c1-3-24-16-11-13(9-10-15(16)21)12-19-20-18(22)17(23-2)14-7-5-4-6-8-14/h4-12,17,21H,3H2,1-2H3,(H,20,22)/b19-12-/t17-/m1/s1. The molecule has 0 aliphatic rings. The molecule has 0 aliphatic heterocycles. The topological polar surface area (TPSA) is 80.2 Å². The summed E-state index contributed by atoms with van der Waals surface area (Å²) >= 11 is 0. The van der Waals surface area contributed by atoms with E-state index in [0.717, 1.165) is 5.56 Å². The van der Waals surface area contributed by atoms with Crippen molar-refractivity contribution in [1.82, 2.24) is 5.43 Å². The first kappa shape index (κ1) is 17.5. The van der Waals surface area contributed by atoms with Crippen LogP contribution >= 0.6 is 0 Å². The molecule has 2 N–H and O–H groups in total. The first-order valence-electron chi connectivity index (χ1n) is 7.52. The summed E-state index contributed by atoms with van der Waals surface area (Å²) in [6.07, 6.45) is 0.736. The van der Waals surface area contributed by atoms with E-state index in [2.05, 4.69) is 10.5 Å². The largest absolute Gasteiger partial charge is 0.504 e. The van der Waals surface area contributed by atoms with Crippen LogP contribution in [0.3, 0.4) is 0 Å². The quantitative estimate of drug-likeness (QED) is 0.605. The van der Waals surface area contributed by atoms with Crippen LogP contribution in [0.2, 0.25) is 0 Å². The molecule has 2 rings (SSSR count). The summed E-state index contributed by atoms with van der Waals surface area (Å²) in [6, 6.07) is 14.0. The summed E-state index contributed by atoms with van der Waals surface area (Å²) in [5, 5.41) is 13.6. The van der Waals surface area contributed by atoms with Crippen molar-refractivity contribution in [3.8, 4) is 11.5 Å². The number of carbonyl (C=O) groups excluding carboxylic acids is 1. The van der Waals surface area contributed by atoms with Crippen LogP contribution in [0.25, 0.3) is 0 Å². The van der Waals surface area contributed by atoms with E-state index in [1.807, 2.05) is 37.3 Å². The Hall–Kier alpha value is -2.86. The zero-order chi connectivity index (χ0) is 17.4. The highest BCUT2D eigenvalue weighted by Crippen LogP contribution is 2.26. The first-order chi connectivity index (χ1) is 11.7. The number of methoxy groups -OCH3 is 1. The van der Waals surface area contributed by atoms with Crippen LogP contribution in [-0.4, -0.2) is 30.9 Å². The fourth-order valence-electron chi connectivity index (χ4n) is 2.13. The van der Waals surface area contributed by atoms with E-state index in [1.54, 1.807) is 12.1 Å². The molecule has 1 amide bonds. The van der Waals surface area contributed by atoms with Crippen molar-refractivity contribution in [2.45, 2.75) is 13.0 Å². The van der Waals surface area contributed by atoms with Gasteiger partial charge in [-0.15, -0.1) is 0 Å². The minimum Gasteiger partial charge on any atom is -0.504 e. The lowest BCUT2D eigenvalue weighted by Crippen LogP contribution is -2.26. The average Bonchev–Trinajstić information content (AvgIpc) is 2.59. The molecule has 1 atom stereocenters. The zero-order valence-electron chi connectivity index (χ0n) is 13.6. The van der Waals surface area contributed by atoms with Gasteiger partial charge in [0, 0.05) is 7.11 Å². The maximum Gasteiger partial charge on any atom is 0.273 e. The van der Waals surface area contributed by atoms with Crippen molar-refractivity contribution in [2.75, 3.05) is 13.7 Å². The Morgan fingerprint density at radius 2 is 2.04 bits per heavy atom. The molecule has 0 fully saturated rings. The lowest BCUT2D eigenvalue weighted by Gasteiger charge is -2.13. The van der Waals surface area contributed by atoms with Gasteiger partial charge in [0.05, 0.1) is 12.8 Å². The summed E-state index contributed by atoms with van der Waals surface area (Å²) < 4.78 is 10.5. The number of ether oxygens (including phenoxy) is 2. The SMILES string of the molecule is CCOc1cc(/C=N\NC(=O)[C@H](OC)c2ccccc2)ccc1O. The van der Waals surface area contributed by atoms with E-state index >= 15 is 0 Å². The number of hydrogen-bond acceptors (Lipinski definition) is 5. The summed E-state index contributed by atoms with van der Waals surface area (Å²) in [7, 11) is 1.47. The highest BCUT2D eigenvalue weighted by molar-refractivity contribution is 5.85. The van der Waals surface area contributed by atoms with E-state index in [-0.39, 0.29) is 11.7 Å². The number of carbonyl (C=O) groups is 1. The van der Waals surface area contributed by atoms with Gasteiger partial charge < -0.3 is 14.6 Å². The number of phenolic OH excluding ortho intramolecular Hbond substituents is 1. The fourth-order valence-corrected chi connectivity index (χ4v) is 2.13. The van der Waals surface area contributed by atoms with Gasteiger partial charge in [-0.1, -0.05) is 30.3 Å². The van der Waals surface area contributed by atoms with Gasteiger partial charge in [0.2, 0.25) is 0 Å². The predicted octanol–water partition coefficient (Wildman–Crippen LogP) is 2.63. The third-order valence-corrected chi connectivity index (χ3v) is 3.25. The maximum absolute atomic E-state index is 12.2. The molecule has 0 unspecified atom stereocenters. The van der Waals surface area contributed by atoms with E-state index in [4.69, 9.17) is 9.47 Å². The molecule has 2 aromatic carbocycles. The molecule has 0 aliphatic carbocycles. The van der Waals surface area contributed by atoms with Gasteiger partial charge in [0.25, 0.3) is 5.91 Å². The van der Waals surface area contributed by atoms with Gasteiger partial charge >= 0.3 is 0 Å². The van der Waals surface area contributed by atoms with Gasteiger partial charge in [0.15, 0.2) is 17.6 Å². The Labute approximate surface area is 140 Å². The van der Waals surface area contributed by atoms with Crippen molar-refractivity contribution in [3.05, 3.63) is 59.7 Å². The number of rotatable bonds is 7. The van der Waals surface area contributed by atoms with Crippen LogP contribution in [-0.2, 0) is 9.53 Å². The van der Waals surface area contributed by atoms with Crippen LogP contribution < -0.4 is 10.2 Å². The second-order valence-electron chi connectivity index (χ2n) is 4.92. The lowest BCUT2D eigenvalue weighted by atomic mass is 10.1. The van der Waals surface area contributed by atoms with E-state index in [1.165, 1.54) is 19.4 Å². The molecule has 126 valence electrons. The number of benzene rings is 2. The third kappa shape index (κ3) is 4.57. The normalized spacial score (nSPS) is 12.1. The summed E-state index contributed by atoms with van der Waals surface area (Å²) in [6.45, 7) is 2.27. The fraction of sp³-hybridized carbons (Fsp3) is 0.222. The molecular weight excluding hydrogens is 308 g/mol. The monoisotopic (exact) mass is 328 g/mol. The van der Waals surface area contributed by atoms with Gasteiger partial charge in [-0.05, 0) is 36.2 Å². The second kappa shape index (κ2) is 8.69. The summed E-state index contributed by atoms with van der Waals surface area (Å²) in [5.74, 6) is 0.0529. The summed E-state index contributed by atoms with van der Waals surface area (Å²) in [5.41, 5.74) is 3.88.